The maximum Gasteiger partial charge on any atom is 0.273 e. The summed E-state index contributed by atoms with van der Waals surface area (Å²) in [7, 11) is 2.15. The van der Waals surface area contributed by atoms with Gasteiger partial charge in [0.15, 0.2) is 11.5 Å². The van der Waals surface area contributed by atoms with Crippen LogP contribution in [0.4, 0.5) is 27.5 Å². The second kappa shape index (κ2) is 7.60. The highest BCUT2D eigenvalue weighted by Crippen LogP contribution is 2.41. The second-order valence-electron chi connectivity index (χ2n) is 9.07. The first-order valence-corrected chi connectivity index (χ1v) is 10.7. The molecule has 2 aliphatic heterocycles. The Bertz CT molecular complexity index is 995. The topological polar surface area (TPSA) is 112 Å². The number of nitrogens with one attached hydrogen (secondary N) is 2. The number of likely N-dealkylation sites (tertiary alicyclic amines) is 1. The van der Waals surface area contributed by atoms with Crippen LogP contribution in [0.5, 0.6) is 0 Å². The highest BCUT2D eigenvalue weighted by atomic mass is 19.1. The summed E-state index contributed by atoms with van der Waals surface area (Å²) in [5.41, 5.74) is 6.92. The number of carbonyl (C=O) groups excluding carboxylic acids is 1. The molecule has 31 heavy (non-hydrogen) atoms. The van der Waals surface area contributed by atoms with Gasteiger partial charge in [-0.05, 0) is 56.3 Å². The fourth-order valence-corrected chi connectivity index (χ4v) is 4.67. The minimum Gasteiger partial charge on any atom is -0.369 e. The number of hydrogen-bond acceptors (Lipinski definition) is 8. The molecule has 1 aromatic carbocycles. The maximum atomic E-state index is 14.9. The fourth-order valence-electron chi connectivity index (χ4n) is 4.67. The first-order chi connectivity index (χ1) is 14.9. The van der Waals surface area contributed by atoms with Crippen LogP contribution in [-0.2, 0) is 0 Å². The van der Waals surface area contributed by atoms with E-state index in [9.17, 15) is 9.18 Å². The van der Waals surface area contributed by atoms with Crippen LogP contribution < -0.4 is 21.3 Å². The second-order valence-corrected chi connectivity index (χ2v) is 9.07. The molecule has 3 aliphatic rings. The van der Waals surface area contributed by atoms with Gasteiger partial charge in [-0.15, -0.1) is 10.2 Å². The lowest BCUT2D eigenvalue weighted by Crippen LogP contribution is -2.58. The molecule has 1 spiro atoms. The molecule has 2 aromatic rings. The molecule has 1 aliphatic carbocycles. The summed E-state index contributed by atoms with van der Waals surface area (Å²) in [6, 6.07) is 5.30. The molecule has 0 bridgehead atoms. The van der Waals surface area contributed by atoms with Crippen LogP contribution in [0.3, 0.4) is 0 Å². The van der Waals surface area contributed by atoms with Crippen molar-refractivity contribution in [3.05, 3.63) is 29.7 Å². The van der Waals surface area contributed by atoms with E-state index in [-0.39, 0.29) is 23.5 Å². The Balaban J connectivity index is 1.27. The molecule has 0 unspecified atom stereocenters. The highest BCUT2D eigenvalue weighted by Gasteiger charge is 2.43. The summed E-state index contributed by atoms with van der Waals surface area (Å²) in [5.74, 6) is -0.505. The molecule has 0 radical (unpaired) electrons. The first-order valence-electron chi connectivity index (χ1n) is 10.7. The molecular weight excluding hydrogens is 399 g/mol. The van der Waals surface area contributed by atoms with E-state index in [1.807, 2.05) is 0 Å². The van der Waals surface area contributed by atoms with Gasteiger partial charge in [-0.3, -0.25) is 4.79 Å². The van der Waals surface area contributed by atoms with Crippen molar-refractivity contribution < 1.29 is 9.18 Å². The third-order valence-corrected chi connectivity index (χ3v) is 6.42. The number of hydrogen-bond donors (Lipinski definition) is 3. The van der Waals surface area contributed by atoms with Crippen molar-refractivity contribution in [2.45, 2.75) is 31.7 Å². The van der Waals surface area contributed by atoms with E-state index < -0.39 is 5.91 Å². The van der Waals surface area contributed by atoms with E-state index in [0.717, 1.165) is 51.9 Å². The summed E-state index contributed by atoms with van der Waals surface area (Å²) in [5, 5.41) is 13.9. The average molecular weight is 427 g/mol. The van der Waals surface area contributed by atoms with Gasteiger partial charge in [-0.2, -0.15) is 4.98 Å². The lowest BCUT2D eigenvalue weighted by Gasteiger charge is -2.53. The lowest BCUT2D eigenvalue weighted by molar-refractivity contribution is 0.00123. The van der Waals surface area contributed by atoms with Gasteiger partial charge in [-0.1, -0.05) is 0 Å². The van der Waals surface area contributed by atoms with Gasteiger partial charge >= 0.3 is 0 Å². The van der Waals surface area contributed by atoms with Gasteiger partial charge in [0.1, 0.15) is 5.82 Å². The number of amides is 1. The smallest absolute Gasteiger partial charge is 0.273 e. The van der Waals surface area contributed by atoms with E-state index >= 15 is 0 Å². The van der Waals surface area contributed by atoms with Crippen LogP contribution in [0.2, 0.25) is 0 Å². The van der Waals surface area contributed by atoms with Crippen molar-refractivity contribution in [1.29, 1.82) is 0 Å². The zero-order valence-electron chi connectivity index (χ0n) is 17.6. The Kier molecular flexibility index (Phi) is 4.88. The van der Waals surface area contributed by atoms with Gasteiger partial charge in [0.05, 0.1) is 5.69 Å². The summed E-state index contributed by atoms with van der Waals surface area (Å²) in [4.78, 5) is 20.4. The maximum absolute atomic E-state index is 14.9. The number of nitrogens with zero attached hydrogens (tertiary/aromatic N) is 5. The van der Waals surface area contributed by atoms with E-state index in [4.69, 9.17) is 5.73 Å². The Morgan fingerprint density at radius 2 is 1.97 bits per heavy atom. The standard InChI is InChI=1S/C21H27FN8O/c1-29-11-21(12-29)6-8-30(9-7-21)16-5-4-14(10-15(16)22)25-20-26-19(24-13-2-3-13)17(18(23)31)27-28-20/h4-5,10,13H,2-3,6-9,11-12H2,1H3,(H2,23,31)(H2,24,25,26,28). The summed E-state index contributed by atoms with van der Waals surface area (Å²) in [6.07, 6.45) is 4.20. The van der Waals surface area contributed by atoms with Crippen LogP contribution in [0.15, 0.2) is 18.2 Å². The van der Waals surface area contributed by atoms with Crippen molar-refractivity contribution in [2.75, 3.05) is 48.8 Å². The fraction of sp³-hybridized carbons (Fsp3) is 0.524. The monoisotopic (exact) mass is 426 g/mol. The van der Waals surface area contributed by atoms with Crippen molar-refractivity contribution in [3.63, 3.8) is 0 Å². The van der Waals surface area contributed by atoms with Crippen LogP contribution in [0, 0.1) is 11.2 Å². The Morgan fingerprint density at radius 1 is 1.23 bits per heavy atom. The first kappa shape index (κ1) is 19.9. The quantitative estimate of drug-likeness (QED) is 0.643. The molecule has 4 N–H and O–H groups in total. The zero-order valence-corrected chi connectivity index (χ0v) is 17.6. The van der Waals surface area contributed by atoms with E-state index in [1.54, 1.807) is 12.1 Å². The van der Waals surface area contributed by atoms with Crippen LogP contribution in [0.25, 0.3) is 0 Å². The summed E-state index contributed by atoms with van der Waals surface area (Å²) in [6.45, 7) is 4.03. The number of carbonyl (C=O) groups is 1. The number of piperidine rings is 1. The van der Waals surface area contributed by atoms with Crippen molar-refractivity contribution in [2.24, 2.45) is 11.1 Å². The van der Waals surface area contributed by atoms with Gasteiger partial charge in [0.2, 0.25) is 5.95 Å². The molecule has 2 saturated heterocycles. The van der Waals surface area contributed by atoms with Crippen LogP contribution in [0.1, 0.15) is 36.2 Å². The van der Waals surface area contributed by atoms with Crippen LogP contribution in [-0.4, -0.2) is 65.3 Å². The van der Waals surface area contributed by atoms with Crippen molar-refractivity contribution >= 4 is 29.0 Å². The number of aromatic nitrogens is 3. The minimum absolute atomic E-state index is 0.000458. The van der Waals surface area contributed by atoms with Gasteiger partial charge in [-0.25, -0.2) is 4.39 Å². The van der Waals surface area contributed by atoms with Crippen LogP contribution >= 0.6 is 0 Å². The van der Waals surface area contributed by atoms with Crippen molar-refractivity contribution in [3.8, 4) is 0 Å². The zero-order chi connectivity index (χ0) is 21.6. The Morgan fingerprint density at radius 3 is 2.58 bits per heavy atom. The predicted octanol–water partition coefficient (Wildman–Crippen LogP) is 1.96. The molecule has 1 saturated carbocycles. The third-order valence-electron chi connectivity index (χ3n) is 6.42. The Labute approximate surface area is 180 Å². The molecule has 3 fully saturated rings. The molecule has 1 aromatic heterocycles. The van der Waals surface area contributed by atoms with E-state index in [1.165, 1.54) is 6.07 Å². The molecule has 10 heteroatoms. The summed E-state index contributed by atoms with van der Waals surface area (Å²) < 4.78 is 14.9. The van der Waals surface area contributed by atoms with Crippen molar-refractivity contribution in [1.82, 2.24) is 20.1 Å². The van der Waals surface area contributed by atoms with Gasteiger partial charge < -0.3 is 26.2 Å². The third kappa shape index (κ3) is 4.12. The van der Waals surface area contributed by atoms with E-state index in [0.29, 0.717) is 22.6 Å². The molecule has 3 heterocycles. The average Bonchev–Trinajstić information content (AvgIpc) is 3.52. The normalized spacial score (nSPS) is 20.4. The number of rotatable bonds is 6. The lowest BCUT2D eigenvalue weighted by atomic mass is 9.72. The number of primary amides is 1. The molecule has 1 amide bonds. The van der Waals surface area contributed by atoms with Gasteiger partial charge in [0, 0.05) is 37.9 Å². The number of anilines is 4. The molecule has 0 atom stereocenters. The minimum atomic E-state index is -0.693. The Hall–Kier alpha value is -3.01. The number of halogens is 1. The SMILES string of the molecule is CN1CC2(CCN(c3ccc(Nc4nnc(C(N)=O)c(NC5CC5)n4)cc3F)CC2)C1. The summed E-state index contributed by atoms with van der Waals surface area (Å²) >= 11 is 0. The van der Waals surface area contributed by atoms with Gasteiger partial charge in [0.25, 0.3) is 5.91 Å². The number of benzene rings is 1. The molecular formula is C21H27FN8O. The molecule has 164 valence electrons. The van der Waals surface area contributed by atoms with E-state index in [2.05, 4.69) is 42.7 Å². The highest BCUT2D eigenvalue weighted by molar-refractivity contribution is 5.95. The molecule has 9 nitrogen and oxygen atoms in total. The number of nitrogens with two attached hydrogens (primary N) is 1. The molecule has 5 rings (SSSR count). The predicted molar refractivity (Wildman–Crippen MR) is 116 cm³/mol. The largest absolute Gasteiger partial charge is 0.369 e.